The van der Waals surface area contributed by atoms with Gasteiger partial charge in [-0.25, -0.2) is 9.97 Å². The first-order valence-corrected chi connectivity index (χ1v) is 9.51. The van der Waals surface area contributed by atoms with Gasteiger partial charge in [-0.2, -0.15) is 0 Å². The highest BCUT2D eigenvalue weighted by molar-refractivity contribution is 6.36. The third kappa shape index (κ3) is 5.02. The molecule has 3 rings (SSSR count). The molecule has 0 spiro atoms. The van der Waals surface area contributed by atoms with Crippen molar-refractivity contribution >= 4 is 51.9 Å². The van der Waals surface area contributed by atoms with Gasteiger partial charge in [-0.3, -0.25) is 0 Å². The van der Waals surface area contributed by atoms with E-state index in [1.54, 1.807) is 18.2 Å². The number of nitrogens with one attached hydrogen (secondary N) is 2. The summed E-state index contributed by atoms with van der Waals surface area (Å²) in [7, 11) is 0. The van der Waals surface area contributed by atoms with Gasteiger partial charge >= 0.3 is 0 Å². The van der Waals surface area contributed by atoms with Crippen LogP contribution in [-0.2, 0) is 6.42 Å². The molecule has 0 aliphatic rings. The lowest BCUT2D eigenvalue weighted by Crippen LogP contribution is -2.05. The van der Waals surface area contributed by atoms with Crippen LogP contribution in [-0.4, -0.2) is 9.97 Å². The minimum Gasteiger partial charge on any atom is -0.393 e. The van der Waals surface area contributed by atoms with E-state index in [-0.39, 0.29) is 0 Å². The molecule has 0 bridgehead atoms. The third-order valence-corrected chi connectivity index (χ3v) is 4.65. The lowest BCUT2D eigenvalue weighted by Gasteiger charge is -2.13. The van der Waals surface area contributed by atoms with E-state index in [0.717, 1.165) is 12.1 Å². The quantitative estimate of drug-likeness (QED) is 0.439. The Hall–Kier alpha value is -2.50. The molecule has 0 aliphatic carbocycles. The summed E-state index contributed by atoms with van der Waals surface area (Å²) in [6.07, 6.45) is 4.90. The Balaban J connectivity index is 1.76. The molecular formula is C20H21Cl2N5. The monoisotopic (exact) mass is 401 g/mol. The molecule has 2 aromatic carbocycles. The molecule has 0 radical (unpaired) electrons. The van der Waals surface area contributed by atoms with Crippen LogP contribution in [0.25, 0.3) is 0 Å². The molecule has 0 aliphatic heterocycles. The number of hydrogen-bond donors (Lipinski definition) is 3. The Morgan fingerprint density at radius 2 is 1.67 bits per heavy atom. The van der Waals surface area contributed by atoms with Crippen molar-refractivity contribution in [3.8, 4) is 0 Å². The molecule has 0 saturated heterocycles. The molecule has 140 valence electrons. The smallest absolute Gasteiger partial charge is 0.159 e. The van der Waals surface area contributed by atoms with Gasteiger partial charge in [0.05, 0.1) is 10.7 Å². The molecule has 1 heterocycles. The molecule has 7 heteroatoms. The molecule has 0 saturated carbocycles. The van der Waals surface area contributed by atoms with Gasteiger partial charge in [0.2, 0.25) is 0 Å². The lowest BCUT2D eigenvalue weighted by molar-refractivity contribution is 0.795. The molecule has 4 N–H and O–H groups in total. The van der Waals surface area contributed by atoms with Crippen LogP contribution in [0.4, 0.5) is 28.7 Å². The Morgan fingerprint density at radius 3 is 2.33 bits per heavy atom. The number of nitrogens with zero attached hydrogens (tertiary/aromatic N) is 2. The average Bonchev–Trinajstić information content (AvgIpc) is 2.66. The maximum atomic E-state index is 6.24. The van der Waals surface area contributed by atoms with E-state index in [0.29, 0.717) is 33.1 Å². The van der Waals surface area contributed by atoms with E-state index in [9.17, 15) is 0 Å². The van der Waals surface area contributed by atoms with Crippen molar-refractivity contribution < 1.29 is 0 Å². The SMILES string of the molecule is CCCCc1ccc(Nc2ncnc(Nc3ccc(Cl)cc3Cl)c2N)cc1. The van der Waals surface area contributed by atoms with Crippen molar-refractivity contribution in [1.82, 2.24) is 9.97 Å². The maximum absolute atomic E-state index is 6.24. The van der Waals surface area contributed by atoms with Crippen LogP contribution in [0, 0.1) is 0 Å². The van der Waals surface area contributed by atoms with Crippen molar-refractivity contribution in [2.45, 2.75) is 26.2 Å². The Bertz CT molecular complexity index is 913. The first-order valence-electron chi connectivity index (χ1n) is 8.75. The number of nitrogen functional groups attached to an aromatic ring is 1. The molecule has 0 amide bonds. The summed E-state index contributed by atoms with van der Waals surface area (Å²) in [6.45, 7) is 2.19. The van der Waals surface area contributed by atoms with Gasteiger partial charge in [0.25, 0.3) is 0 Å². The average molecular weight is 402 g/mol. The molecule has 3 aromatic rings. The number of aromatic nitrogens is 2. The van der Waals surface area contributed by atoms with Crippen molar-refractivity contribution in [2.24, 2.45) is 0 Å². The summed E-state index contributed by atoms with van der Waals surface area (Å²) in [5.41, 5.74) is 9.53. The third-order valence-electron chi connectivity index (χ3n) is 4.10. The number of benzene rings is 2. The van der Waals surface area contributed by atoms with Gasteiger partial charge in [-0.05, 0) is 48.7 Å². The molecule has 1 aromatic heterocycles. The minimum atomic E-state index is 0.401. The summed E-state index contributed by atoms with van der Waals surface area (Å²) in [5, 5.41) is 7.40. The van der Waals surface area contributed by atoms with Crippen LogP contribution in [0.2, 0.25) is 10.0 Å². The highest BCUT2D eigenvalue weighted by Gasteiger charge is 2.10. The molecule has 0 fully saturated rings. The first-order chi connectivity index (χ1) is 13.1. The summed E-state index contributed by atoms with van der Waals surface area (Å²) in [5.74, 6) is 0.996. The van der Waals surface area contributed by atoms with E-state index in [1.807, 2.05) is 12.1 Å². The van der Waals surface area contributed by atoms with Crippen LogP contribution >= 0.6 is 23.2 Å². The summed E-state index contributed by atoms with van der Waals surface area (Å²) >= 11 is 12.1. The zero-order chi connectivity index (χ0) is 19.2. The second-order valence-corrected chi connectivity index (χ2v) is 7.00. The summed E-state index contributed by atoms with van der Waals surface area (Å²) < 4.78 is 0. The largest absolute Gasteiger partial charge is 0.393 e. The highest BCUT2D eigenvalue weighted by atomic mass is 35.5. The molecule has 5 nitrogen and oxygen atoms in total. The predicted octanol–water partition coefficient (Wildman–Crippen LogP) is 6.20. The minimum absolute atomic E-state index is 0.401. The van der Waals surface area contributed by atoms with Gasteiger partial charge in [0.1, 0.15) is 12.0 Å². The summed E-state index contributed by atoms with van der Waals surface area (Å²) in [6, 6.07) is 13.4. The highest BCUT2D eigenvalue weighted by Crippen LogP contribution is 2.32. The second-order valence-electron chi connectivity index (χ2n) is 6.16. The number of anilines is 5. The van der Waals surface area contributed by atoms with Crippen LogP contribution in [0.5, 0.6) is 0 Å². The number of unbranched alkanes of at least 4 members (excludes halogenated alkanes) is 1. The van der Waals surface area contributed by atoms with Crippen LogP contribution in [0.15, 0.2) is 48.8 Å². The standard InChI is InChI=1S/C20H21Cl2N5/c1-2-3-4-13-5-8-15(9-6-13)26-19-18(23)20(25-12-24-19)27-17-10-7-14(21)11-16(17)22/h5-12H,2-4,23H2,1H3,(H2,24,25,26,27). The topological polar surface area (TPSA) is 75.9 Å². The van der Waals surface area contributed by atoms with Gasteiger partial charge in [-0.1, -0.05) is 48.7 Å². The Morgan fingerprint density at radius 1 is 0.963 bits per heavy atom. The number of nitrogens with two attached hydrogens (primary N) is 1. The predicted molar refractivity (Wildman–Crippen MR) is 115 cm³/mol. The maximum Gasteiger partial charge on any atom is 0.159 e. The summed E-state index contributed by atoms with van der Waals surface area (Å²) in [4.78, 5) is 8.45. The number of hydrogen-bond acceptors (Lipinski definition) is 5. The zero-order valence-corrected chi connectivity index (χ0v) is 16.5. The van der Waals surface area contributed by atoms with Crippen LogP contribution in [0.3, 0.4) is 0 Å². The number of halogens is 2. The van der Waals surface area contributed by atoms with Crippen molar-refractivity contribution in [3.05, 3.63) is 64.4 Å². The Kier molecular flexibility index (Phi) is 6.37. The van der Waals surface area contributed by atoms with E-state index < -0.39 is 0 Å². The van der Waals surface area contributed by atoms with Crippen LogP contribution < -0.4 is 16.4 Å². The molecule has 0 atom stereocenters. The zero-order valence-electron chi connectivity index (χ0n) is 15.0. The van der Waals surface area contributed by atoms with E-state index in [2.05, 4.69) is 39.7 Å². The fraction of sp³-hybridized carbons (Fsp3) is 0.200. The first kappa shape index (κ1) is 19.3. The molecule has 0 unspecified atom stereocenters. The van der Waals surface area contributed by atoms with Crippen molar-refractivity contribution in [1.29, 1.82) is 0 Å². The van der Waals surface area contributed by atoms with Gasteiger partial charge in [0.15, 0.2) is 11.6 Å². The fourth-order valence-electron chi connectivity index (χ4n) is 2.59. The van der Waals surface area contributed by atoms with Gasteiger partial charge in [0, 0.05) is 10.7 Å². The fourth-order valence-corrected chi connectivity index (χ4v) is 3.04. The van der Waals surface area contributed by atoms with Gasteiger partial charge in [-0.15, -0.1) is 0 Å². The van der Waals surface area contributed by atoms with E-state index >= 15 is 0 Å². The normalized spacial score (nSPS) is 10.6. The lowest BCUT2D eigenvalue weighted by atomic mass is 10.1. The second kappa shape index (κ2) is 8.93. The van der Waals surface area contributed by atoms with E-state index in [4.69, 9.17) is 28.9 Å². The van der Waals surface area contributed by atoms with Crippen molar-refractivity contribution in [2.75, 3.05) is 16.4 Å². The van der Waals surface area contributed by atoms with Crippen LogP contribution in [0.1, 0.15) is 25.3 Å². The Labute approximate surface area is 168 Å². The van der Waals surface area contributed by atoms with Crippen molar-refractivity contribution in [3.63, 3.8) is 0 Å². The number of rotatable bonds is 7. The number of aryl methyl sites for hydroxylation is 1. The molecular weight excluding hydrogens is 381 g/mol. The van der Waals surface area contributed by atoms with Gasteiger partial charge < -0.3 is 16.4 Å². The van der Waals surface area contributed by atoms with E-state index in [1.165, 1.54) is 24.7 Å². The molecule has 27 heavy (non-hydrogen) atoms.